The summed E-state index contributed by atoms with van der Waals surface area (Å²) in [5.74, 6) is -0.0444. The average Bonchev–Trinajstić information content (AvgIpc) is 2.64. The van der Waals surface area contributed by atoms with Crippen LogP contribution in [0.25, 0.3) is 0 Å². The molecule has 1 saturated heterocycles. The number of para-hydroxylation sites is 1. The molecule has 132 valence electrons. The lowest BCUT2D eigenvalue weighted by Gasteiger charge is -2.38. The van der Waals surface area contributed by atoms with Gasteiger partial charge >= 0.3 is 0 Å². The maximum Gasteiger partial charge on any atom is 0.225 e. The van der Waals surface area contributed by atoms with Gasteiger partial charge in [-0.05, 0) is 30.5 Å². The summed E-state index contributed by atoms with van der Waals surface area (Å²) < 4.78 is 0. The normalized spacial score (nSPS) is 17.2. The summed E-state index contributed by atoms with van der Waals surface area (Å²) in [7, 11) is 0. The maximum absolute atomic E-state index is 12.1. The monoisotopic (exact) mass is 358 g/mol. The first-order valence-electron chi connectivity index (χ1n) is 8.61. The summed E-state index contributed by atoms with van der Waals surface area (Å²) in [4.78, 5) is 14.3. The van der Waals surface area contributed by atoms with Crippen molar-refractivity contribution in [1.82, 2.24) is 4.90 Å². The molecule has 0 saturated carbocycles. The number of carbonyl (C=O) groups is 1. The Labute approximate surface area is 153 Å². The summed E-state index contributed by atoms with van der Waals surface area (Å²) in [5.41, 5.74) is 0.870. The maximum atomic E-state index is 12.1. The lowest BCUT2D eigenvalue weighted by Crippen LogP contribution is -2.43. The standard InChI is InChI=1S/C20H23ClN2O2/c21-17-8-4-5-9-18(17)22-19(24)10-13-23-14-11-20(25,12-15-23)16-6-2-1-3-7-16/h1-9,25H,10-15H2,(H,22,24). The molecule has 0 radical (unpaired) electrons. The fraction of sp³-hybridized carbons (Fsp3) is 0.350. The Bertz CT molecular complexity index is 713. The molecule has 2 aromatic rings. The van der Waals surface area contributed by atoms with Crippen LogP contribution < -0.4 is 5.32 Å². The number of anilines is 1. The van der Waals surface area contributed by atoms with E-state index >= 15 is 0 Å². The lowest BCUT2D eigenvalue weighted by molar-refractivity contribution is -0.116. The third kappa shape index (κ3) is 4.60. The van der Waals surface area contributed by atoms with E-state index in [0.29, 0.717) is 36.5 Å². The van der Waals surface area contributed by atoms with E-state index in [0.717, 1.165) is 18.7 Å². The van der Waals surface area contributed by atoms with E-state index in [2.05, 4.69) is 10.2 Å². The van der Waals surface area contributed by atoms with Crippen LogP contribution in [0.15, 0.2) is 54.6 Å². The fourth-order valence-electron chi connectivity index (χ4n) is 3.22. The van der Waals surface area contributed by atoms with Crippen molar-refractivity contribution in [2.45, 2.75) is 24.9 Å². The number of likely N-dealkylation sites (tertiary alicyclic amines) is 1. The fourth-order valence-corrected chi connectivity index (χ4v) is 3.40. The largest absolute Gasteiger partial charge is 0.385 e. The van der Waals surface area contributed by atoms with Gasteiger partial charge in [0.25, 0.3) is 0 Å². The van der Waals surface area contributed by atoms with Gasteiger partial charge in [0.2, 0.25) is 5.91 Å². The van der Waals surface area contributed by atoms with Gasteiger partial charge in [0, 0.05) is 26.1 Å². The molecule has 0 bridgehead atoms. The molecular formula is C20H23ClN2O2. The molecule has 1 aliphatic rings. The van der Waals surface area contributed by atoms with Crippen molar-refractivity contribution in [3.05, 3.63) is 65.2 Å². The van der Waals surface area contributed by atoms with Crippen molar-refractivity contribution in [1.29, 1.82) is 0 Å². The van der Waals surface area contributed by atoms with Crippen LogP contribution in [0.2, 0.25) is 5.02 Å². The minimum atomic E-state index is -0.752. The molecule has 2 aromatic carbocycles. The van der Waals surface area contributed by atoms with Crippen molar-refractivity contribution in [3.63, 3.8) is 0 Å². The van der Waals surface area contributed by atoms with Crippen molar-refractivity contribution >= 4 is 23.2 Å². The van der Waals surface area contributed by atoms with E-state index in [1.165, 1.54) is 0 Å². The first-order chi connectivity index (χ1) is 12.1. The van der Waals surface area contributed by atoms with E-state index in [9.17, 15) is 9.90 Å². The average molecular weight is 359 g/mol. The molecule has 0 unspecified atom stereocenters. The van der Waals surface area contributed by atoms with Gasteiger partial charge in [-0.1, -0.05) is 54.1 Å². The van der Waals surface area contributed by atoms with Crippen LogP contribution in [0.3, 0.4) is 0 Å². The minimum absolute atomic E-state index is 0.0444. The van der Waals surface area contributed by atoms with Crippen LogP contribution in [0.4, 0.5) is 5.69 Å². The molecule has 25 heavy (non-hydrogen) atoms. The second-order valence-corrected chi connectivity index (χ2v) is 6.92. The highest BCUT2D eigenvalue weighted by Gasteiger charge is 2.33. The van der Waals surface area contributed by atoms with Gasteiger partial charge < -0.3 is 15.3 Å². The summed E-state index contributed by atoms with van der Waals surface area (Å²) >= 11 is 6.05. The van der Waals surface area contributed by atoms with Crippen molar-refractivity contribution in [2.24, 2.45) is 0 Å². The number of piperidine rings is 1. The molecule has 5 heteroatoms. The number of nitrogens with one attached hydrogen (secondary N) is 1. The van der Waals surface area contributed by atoms with Gasteiger partial charge in [0.15, 0.2) is 0 Å². The molecule has 0 aliphatic carbocycles. The second kappa shape index (κ2) is 8.00. The minimum Gasteiger partial charge on any atom is -0.385 e. The number of aliphatic hydroxyl groups is 1. The number of rotatable bonds is 5. The SMILES string of the molecule is O=C(CCN1CCC(O)(c2ccccc2)CC1)Nc1ccccc1Cl. The smallest absolute Gasteiger partial charge is 0.225 e. The number of halogens is 1. The van der Waals surface area contributed by atoms with Gasteiger partial charge in [-0.15, -0.1) is 0 Å². The van der Waals surface area contributed by atoms with E-state index < -0.39 is 5.60 Å². The number of carbonyl (C=O) groups excluding carboxylic acids is 1. The Morgan fingerprint density at radius 3 is 2.40 bits per heavy atom. The molecule has 3 rings (SSSR count). The second-order valence-electron chi connectivity index (χ2n) is 6.52. The summed E-state index contributed by atoms with van der Waals surface area (Å²) in [6.45, 7) is 2.25. The van der Waals surface area contributed by atoms with E-state index in [4.69, 9.17) is 11.6 Å². The highest BCUT2D eigenvalue weighted by atomic mass is 35.5. The lowest BCUT2D eigenvalue weighted by atomic mass is 9.84. The van der Waals surface area contributed by atoms with Gasteiger partial charge in [-0.25, -0.2) is 0 Å². The van der Waals surface area contributed by atoms with Gasteiger partial charge in [-0.3, -0.25) is 4.79 Å². The van der Waals surface area contributed by atoms with Crippen LogP contribution in [0.5, 0.6) is 0 Å². The predicted molar refractivity (Wildman–Crippen MR) is 101 cm³/mol. The molecule has 4 nitrogen and oxygen atoms in total. The quantitative estimate of drug-likeness (QED) is 0.857. The predicted octanol–water partition coefficient (Wildman–Crippen LogP) is 3.65. The number of hydrogen-bond donors (Lipinski definition) is 2. The van der Waals surface area contributed by atoms with Crippen molar-refractivity contribution in [2.75, 3.05) is 25.0 Å². The van der Waals surface area contributed by atoms with E-state index in [-0.39, 0.29) is 5.91 Å². The van der Waals surface area contributed by atoms with E-state index in [1.807, 2.05) is 42.5 Å². The first-order valence-corrected chi connectivity index (χ1v) is 8.99. The third-order valence-corrected chi connectivity index (χ3v) is 5.13. The van der Waals surface area contributed by atoms with Crippen LogP contribution in [-0.4, -0.2) is 35.5 Å². The summed E-state index contributed by atoms with van der Waals surface area (Å²) in [6.07, 6.45) is 1.78. The van der Waals surface area contributed by atoms with E-state index in [1.54, 1.807) is 12.1 Å². The number of nitrogens with zero attached hydrogens (tertiary/aromatic N) is 1. The highest BCUT2D eigenvalue weighted by Crippen LogP contribution is 2.32. The Kier molecular flexibility index (Phi) is 5.74. The Balaban J connectivity index is 1.46. The Morgan fingerprint density at radius 1 is 1.08 bits per heavy atom. The molecule has 1 heterocycles. The zero-order chi connectivity index (χ0) is 17.7. The highest BCUT2D eigenvalue weighted by molar-refractivity contribution is 6.33. The molecule has 1 aliphatic heterocycles. The Morgan fingerprint density at radius 2 is 1.72 bits per heavy atom. The van der Waals surface area contributed by atoms with Gasteiger partial charge in [0.1, 0.15) is 0 Å². The number of amides is 1. The van der Waals surface area contributed by atoms with Gasteiger partial charge in [0.05, 0.1) is 16.3 Å². The summed E-state index contributed by atoms with van der Waals surface area (Å²) in [6, 6.07) is 17.1. The third-order valence-electron chi connectivity index (χ3n) is 4.80. The van der Waals surface area contributed by atoms with Crippen molar-refractivity contribution in [3.8, 4) is 0 Å². The molecule has 2 N–H and O–H groups in total. The molecular weight excluding hydrogens is 336 g/mol. The molecule has 1 fully saturated rings. The number of benzene rings is 2. The molecule has 0 atom stereocenters. The zero-order valence-electron chi connectivity index (χ0n) is 14.1. The summed E-state index contributed by atoms with van der Waals surface area (Å²) in [5, 5.41) is 14.2. The molecule has 0 spiro atoms. The van der Waals surface area contributed by atoms with Crippen molar-refractivity contribution < 1.29 is 9.90 Å². The van der Waals surface area contributed by atoms with Crippen LogP contribution in [-0.2, 0) is 10.4 Å². The number of hydrogen-bond acceptors (Lipinski definition) is 3. The molecule has 0 aromatic heterocycles. The van der Waals surface area contributed by atoms with Crippen LogP contribution in [0.1, 0.15) is 24.8 Å². The van der Waals surface area contributed by atoms with Crippen LogP contribution >= 0.6 is 11.6 Å². The van der Waals surface area contributed by atoms with Gasteiger partial charge in [-0.2, -0.15) is 0 Å². The first kappa shape index (κ1) is 17.9. The topological polar surface area (TPSA) is 52.6 Å². The molecule has 1 amide bonds. The van der Waals surface area contributed by atoms with Crippen LogP contribution in [0, 0.1) is 0 Å². The zero-order valence-corrected chi connectivity index (χ0v) is 14.9. The Hall–Kier alpha value is -1.88.